The lowest BCUT2D eigenvalue weighted by Crippen LogP contribution is -2.38. The Morgan fingerprint density at radius 2 is 1.84 bits per heavy atom. The lowest BCUT2D eigenvalue weighted by molar-refractivity contribution is -0.144. The minimum absolute atomic E-state index is 0.212. The molecule has 0 radical (unpaired) electrons. The third-order valence-electron chi connectivity index (χ3n) is 4.62. The number of nitriles is 1. The number of rotatable bonds is 8. The van der Waals surface area contributed by atoms with E-state index in [1.165, 1.54) is 6.08 Å². The maximum Gasteiger partial charge on any atom is 0.349 e. The van der Waals surface area contributed by atoms with Gasteiger partial charge in [-0.3, -0.25) is 9.59 Å². The number of amides is 2. The fourth-order valence-electron chi connectivity index (χ4n) is 3.11. The summed E-state index contributed by atoms with van der Waals surface area (Å²) < 4.78 is 6.97. The normalized spacial score (nSPS) is 10.9. The molecular weight excluding hydrogens is 396 g/mol. The van der Waals surface area contributed by atoms with E-state index in [0.29, 0.717) is 12.1 Å². The minimum Gasteiger partial charge on any atom is -0.451 e. The molecule has 0 fully saturated rings. The predicted octanol–water partition coefficient (Wildman–Crippen LogP) is 2.11. The van der Waals surface area contributed by atoms with Crippen molar-refractivity contribution in [2.45, 2.75) is 27.7 Å². The maximum absolute atomic E-state index is 12.3. The molecule has 2 N–H and O–H groups in total. The summed E-state index contributed by atoms with van der Waals surface area (Å²) in [6.45, 7) is 7.27. The smallest absolute Gasteiger partial charge is 0.349 e. The number of likely N-dealkylation sites (N-methyl/N-ethyl adjacent to an activating group) is 1. The zero-order valence-electron chi connectivity index (χ0n) is 18.1. The quantitative estimate of drug-likeness (QED) is 0.384. The Morgan fingerprint density at radius 1 is 1.13 bits per heavy atom. The lowest BCUT2D eigenvalue weighted by atomic mass is 10.1. The van der Waals surface area contributed by atoms with Crippen LogP contribution in [0.3, 0.4) is 0 Å². The van der Waals surface area contributed by atoms with Crippen LogP contribution in [0.15, 0.2) is 35.9 Å². The van der Waals surface area contributed by atoms with Gasteiger partial charge in [-0.15, -0.1) is 0 Å². The Morgan fingerprint density at radius 3 is 2.48 bits per heavy atom. The van der Waals surface area contributed by atoms with Crippen molar-refractivity contribution in [3.8, 4) is 11.8 Å². The highest BCUT2D eigenvalue weighted by atomic mass is 16.5. The van der Waals surface area contributed by atoms with Crippen LogP contribution in [0, 0.1) is 32.1 Å². The molecule has 2 aromatic rings. The number of hydrogen-bond acceptors (Lipinski definition) is 5. The van der Waals surface area contributed by atoms with Crippen molar-refractivity contribution in [2.24, 2.45) is 0 Å². The highest BCUT2D eigenvalue weighted by Gasteiger charge is 2.16. The van der Waals surface area contributed by atoms with Gasteiger partial charge in [0.05, 0.1) is 6.54 Å². The van der Waals surface area contributed by atoms with Crippen LogP contribution in [0.5, 0.6) is 0 Å². The van der Waals surface area contributed by atoms with E-state index >= 15 is 0 Å². The molecule has 2 amide bonds. The molecule has 1 heterocycles. The SMILES string of the molecule is CCNC(=O)CNC(=O)COC(=O)/C(C#N)=C/c1cc(C)n(-c2ccccc2C)c1C. The van der Waals surface area contributed by atoms with E-state index in [0.717, 1.165) is 22.6 Å². The van der Waals surface area contributed by atoms with Gasteiger partial charge in [0.2, 0.25) is 5.91 Å². The fourth-order valence-corrected chi connectivity index (χ4v) is 3.11. The molecule has 0 bridgehead atoms. The summed E-state index contributed by atoms with van der Waals surface area (Å²) in [6.07, 6.45) is 1.45. The van der Waals surface area contributed by atoms with E-state index in [2.05, 4.69) is 15.2 Å². The van der Waals surface area contributed by atoms with E-state index in [4.69, 9.17) is 4.74 Å². The summed E-state index contributed by atoms with van der Waals surface area (Å²) in [4.78, 5) is 35.4. The van der Waals surface area contributed by atoms with Gasteiger partial charge in [-0.25, -0.2) is 4.79 Å². The van der Waals surface area contributed by atoms with Gasteiger partial charge in [0.1, 0.15) is 11.6 Å². The Bertz CT molecular complexity index is 1060. The summed E-state index contributed by atoms with van der Waals surface area (Å²) in [5.74, 6) is -1.88. The highest BCUT2D eigenvalue weighted by molar-refractivity contribution is 5.99. The Balaban J connectivity index is 2.12. The lowest BCUT2D eigenvalue weighted by Gasteiger charge is -2.12. The average molecular weight is 422 g/mol. The molecule has 8 nitrogen and oxygen atoms in total. The van der Waals surface area contributed by atoms with Crippen molar-refractivity contribution in [1.29, 1.82) is 5.26 Å². The van der Waals surface area contributed by atoms with Gasteiger partial charge in [-0.1, -0.05) is 18.2 Å². The molecule has 0 saturated carbocycles. The second-order valence-corrected chi connectivity index (χ2v) is 6.92. The molecule has 8 heteroatoms. The first-order valence-corrected chi connectivity index (χ1v) is 9.85. The molecule has 31 heavy (non-hydrogen) atoms. The van der Waals surface area contributed by atoms with Crippen molar-refractivity contribution < 1.29 is 19.1 Å². The third kappa shape index (κ3) is 6.06. The van der Waals surface area contributed by atoms with Crippen LogP contribution in [-0.2, 0) is 19.1 Å². The molecule has 0 aliphatic heterocycles. The molecule has 162 valence electrons. The first-order chi connectivity index (χ1) is 14.8. The largest absolute Gasteiger partial charge is 0.451 e. The molecule has 0 spiro atoms. The number of carbonyl (C=O) groups excluding carboxylic acids is 3. The van der Waals surface area contributed by atoms with Gasteiger partial charge >= 0.3 is 5.97 Å². The Kier molecular flexibility index (Phi) is 8.15. The molecule has 0 aliphatic carbocycles. The zero-order valence-corrected chi connectivity index (χ0v) is 18.1. The van der Waals surface area contributed by atoms with Crippen LogP contribution in [0.4, 0.5) is 0 Å². The minimum atomic E-state index is -0.906. The van der Waals surface area contributed by atoms with E-state index in [1.54, 1.807) is 6.92 Å². The van der Waals surface area contributed by atoms with Crippen LogP contribution in [0.1, 0.15) is 29.4 Å². The number of aryl methyl sites for hydroxylation is 2. The van der Waals surface area contributed by atoms with Crippen LogP contribution in [-0.4, -0.2) is 42.0 Å². The van der Waals surface area contributed by atoms with Crippen molar-refractivity contribution in [3.05, 3.63) is 58.4 Å². The molecule has 0 saturated heterocycles. The van der Waals surface area contributed by atoms with Crippen molar-refractivity contribution >= 4 is 23.9 Å². The number of nitrogens with one attached hydrogen (secondary N) is 2. The number of aromatic nitrogens is 1. The number of benzene rings is 1. The van der Waals surface area contributed by atoms with Crippen LogP contribution in [0.25, 0.3) is 11.8 Å². The van der Waals surface area contributed by atoms with E-state index in [1.807, 2.05) is 57.2 Å². The first kappa shape index (κ1) is 23.4. The fraction of sp³-hybridized carbons (Fsp3) is 0.304. The van der Waals surface area contributed by atoms with Crippen LogP contribution >= 0.6 is 0 Å². The van der Waals surface area contributed by atoms with Gasteiger partial charge in [0.25, 0.3) is 5.91 Å². The standard InChI is InChI=1S/C23H26N4O4/c1-5-25-21(28)13-26-22(29)14-31-23(30)19(12-24)11-18-10-16(3)27(17(18)4)20-9-7-6-8-15(20)2/h6-11H,5,13-14H2,1-4H3,(H,25,28)(H,26,29)/b19-11+. The van der Waals surface area contributed by atoms with Gasteiger partial charge in [-0.05, 0) is 57.0 Å². The molecule has 2 rings (SSSR count). The molecule has 0 aliphatic rings. The number of esters is 1. The van der Waals surface area contributed by atoms with E-state index in [-0.39, 0.29) is 18.0 Å². The number of para-hydroxylation sites is 1. The van der Waals surface area contributed by atoms with Crippen molar-refractivity contribution in [3.63, 3.8) is 0 Å². The number of nitrogens with zero attached hydrogens (tertiary/aromatic N) is 2. The monoisotopic (exact) mass is 422 g/mol. The summed E-state index contributed by atoms with van der Waals surface area (Å²) in [5, 5.41) is 14.3. The summed E-state index contributed by atoms with van der Waals surface area (Å²) >= 11 is 0. The predicted molar refractivity (Wildman–Crippen MR) is 116 cm³/mol. The van der Waals surface area contributed by atoms with Crippen LogP contribution < -0.4 is 10.6 Å². The van der Waals surface area contributed by atoms with Crippen molar-refractivity contribution in [2.75, 3.05) is 19.7 Å². The van der Waals surface area contributed by atoms with Gasteiger partial charge < -0.3 is 19.9 Å². The number of carbonyl (C=O) groups is 3. The number of ether oxygens (including phenoxy) is 1. The van der Waals surface area contributed by atoms with Crippen LogP contribution in [0.2, 0.25) is 0 Å². The van der Waals surface area contributed by atoms with E-state index in [9.17, 15) is 19.6 Å². The average Bonchev–Trinajstić information content (AvgIpc) is 3.02. The summed E-state index contributed by atoms with van der Waals surface area (Å²) in [5.41, 5.74) is 4.41. The molecule has 0 unspecified atom stereocenters. The second kappa shape index (κ2) is 10.8. The summed E-state index contributed by atoms with van der Waals surface area (Å²) in [7, 11) is 0. The Hall–Kier alpha value is -3.86. The molecular formula is C23H26N4O4. The van der Waals surface area contributed by atoms with Gasteiger partial charge in [-0.2, -0.15) is 5.26 Å². The van der Waals surface area contributed by atoms with Gasteiger partial charge in [0, 0.05) is 23.6 Å². The maximum atomic E-state index is 12.3. The first-order valence-electron chi connectivity index (χ1n) is 9.85. The highest BCUT2D eigenvalue weighted by Crippen LogP contribution is 2.24. The number of hydrogen-bond donors (Lipinski definition) is 2. The molecule has 1 aromatic carbocycles. The third-order valence-corrected chi connectivity index (χ3v) is 4.62. The molecule has 1 aromatic heterocycles. The second-order valence-electron chi connectivity index (χ2n) is 6.92. The zero-order chi connectivity index (χ0) is 23.0. The summed E-state index contributed by atoms with van der Waals surface area (Å²) in [6, 6.07) is 11.6. The Labute approximate surface area is 181 Å². The molecule has 0 atom stereocenters. The van der Waals surface area contributed by atoms with Crippen molar-refractivity contribution in [1.82, 2.24) is 15.2 Å². The van der Waals surface area contributed by atoms with Gasteiger partial charge in [0.15, 0.2) is 6.61 Å². The topological polar surface area (TPSA) is 113 Å². The van der Waals surface area contributed by atoms with E-state index < -0.39 is 18.5 Å².